The van der Waals surface area contributed by atoms with Crippen LogP contribution in [0.4, 0.5) is 0 Å². The van der Waals surface area contributed by atoms with Crippen molar-refractivity contribution in [3.8, 4) is 5.75 Å². The van der Waals surface area contributed by atoms with Crippen molar-refractivity contribution in [1.29, 1.82) is 0 Å². The molecular formula is C16H26N2O. The molecule has 0 spiro atoms. The van der Waals surface area contributed by atoms with Crippen molar-refractivity contribution >= 4 is 0 Å². The number of hydrogen-bond donors (Lipinski definition) is 2. The van der Waals surface area contributed by atoms with Gasteiger partial charge < -0.3 is 15.4 Å². The van der Waals surface area contributed by atoms with Gasteiger partial charge in [0.1, 0.15) is 5.75 Å². The highest BCUT2D eigenvalue weighted by atomic mass is 16.5. The fraction of sp³-hybridized carbons (Fsp3) is 0.625. The minimum absolute atomic E-state index is 0.362. The first kappa shape index (κ1) is 14.4. The van der Waals surface area contributed by atoms with E-state index in [1.807, 2.05) is 0 Å². The Bertz CT molecular complexity index is 425. The quantitative estimate of drug-likeness (QED) is 0.875. The Morgan fingerprint density at radius 2 is 2.16 bits per heavy atom. The molecule has 2 N–H and O–H groups in total. The Morgan fingerprint density at radius 1 is 1.37 bits per heavy atom. The van der Waals surface area contributed by atoms with E-state index in [1.54, 1.807) is 7.11 Å². The zero-order valence-corrected chi connectivity index (χ0v) is 12.5. The van der Waals surface area contributed by atoms with E-state index in [9.17, 15) is 0 Å². The van der Waals surface area contributed by atoms with Crippen LogP contribution in [0.5, 0.6) is 5.75 Å². The van der Waals surface area contributed by atoms with Gasteiger partial charge in [0.2, 0.25) is 0 Å². The molecule has 1 aromatic carbocycles. The van der Waals surface area contributed by atoms with Gasteiger partial charge in [-0.05, 0) is 58.3 Å². The van der Waals surface area contributed by atoms with Gasteiger partial charge in [0, 0.05) is 11.6 Å². The Labute approximate surface area is 116 Å². The molecule has 3 heteroatoms. The van der Waals surface area contributed by atoms with E-state index < -0.39 is 0 Å². The summed E-state index contributed by atoms with van der Waals surface area (Å²) in [6.07, 6.45) is 2.53. The molecule has 0 aliphatic carbocycles. The summed E-state index contributed by atoms with van der Waals surface area (Å²) in [6, 6.07) is 4.82. The topological polar surface area (TPSA) is 33.3 Å². The molecule has 1 fully saturated rings. The van der Waals surface area contributed by atoms with Crippen LogP contribution in [-0.2, 0) is 0 Å². The number of ether oxygens (including phenoxy) is 1. The summed E-state index contributed by atoms with van der Waals surface area (Å²) in [7, 11) is 3.82. The van der Waals surface area contributed by atoms with Gasteiger partial charge >= 0.3 is 0 Å². The summed E-state index contributed by atoms with van der Waals surface area (Å²) < 4.78 is 5.64. The van der Waals surface area contributed by atoms with Gasteiger partial charge in [-0.1, -0.05) is 17.7 Å². The molecule has 1 aliphatic rings. The van der Waals surface area contributed by atoms with E-state index >= 15 is 0 Å². The smallest absolute Gasteiger partial charge is 0.126 e. The third-order valence-corrected chi connectivity index (χ3v) is 4.10. The van der Waals surface area contributed by atoms with Crippen molar-refractivity contribution in [2.75, 3.05) is 27.2 Å². The number of rotatable bonds is 4. The maximum absolute atomic E-state index is 5.64. The van der Waals surface area contributed by atoms with Crippen LogP contribution >= 0.6 is 0 Å². The second-order valence-corrected chi connectivity index (χ2v) is 5.58. The first-order valence-electron chi connectivity index (χ1n) is 7.20. The molecule has 1 aromatic rings. The Hall–Kier alpha value is -1.06. The molecule has 0 amide bonds. The van der Waals surface area contributed by atoms with E-state index in [2.05, 4.69) is 43.7 Å². The average Bonchev–Trinajstić information content (AvgIpc) is 2.40. The van der Waals surface area contributed by atoms with Crippen LogP contribution < -0.4 is 15.4 Å². The van der Waals surface area contributed by atoms with Crippen LogP contribution in [0.1, 0.15) is 35.6 Å². The molecule has 3 nitrogen and oxygen atoms in total. The molecule has 1 saturated heterocycles. The second-order valence-electron chi connectivity index (χ2n) is 5.58. The van der Waals surface area contributed by atoms with E-state index in [0.29, 0.717) is 12.0 Å². The molecule has 2 atom stereocenters. The maximum atomic E-state index is 5.64. The zero-order chi connectivity index (χ0) is 13.8. The molecule has 0 bridgehead atoms. The highest BCUT2D eigenvalue weighted by Crippen LogP contribution is 2.35. The molecule has 2 unspecified atom stereocenters. The highest BCUT2D eigenvalue weighted by Gasteiger charge is 2.26. The molecule has 2 rings (SSSR count). The minimum atomic E-state index is 0.362. The molecular weight excluding hydrogens is 236 g/mol. The van der Waals surface area contributed by atoms with E-state index in [0.717, 1.165) is 18.8 Å². The summed E-state index contributed by atoms with van der Waals surface area (Å²) >= 11 is 0. The van der Waals surface area contributed by atoms with Gasteiger partial charge in [0.15, 0.2) is 0 Å². The van der Waals surface area contributed by atoms with Crippen molar-refractivity contribution in [3.63, 3.8) is 0 Å². The van der Waals surface area contributed by atoms with Crippen LogP contribution in [-0.4, -0.2) is 27.2 Å². The van der Waals surface area contributed by atoms with Crippen molar-refractivity contribution in [2.24, 2.45) is 5.92 Å². The summed E-state index contributed by atoms with van der Waals surface area (Å²) in [6.45, 7) is 6.52. The molecule has 1 heterocycles. The second kappa shape index (κ2) is 6.40. The van der Waals surface area contributed by atoms with Crippen molar-refractivity contribution in [2.45, 2.75) is 32.7 Å². The van der Waals surface area contributed by atoms with E-state index in [-0.39, 0.29) is 0 Å². The summed E-state index contributed by atoms with van der Waals surface area (Å²) in [5, 5.41) is 7.00. The third kappa shape index (κ3) is 3.10. The van der Waals surface area contributed by atoms with Crippen molar-refractivity contribution < 1.29 is 4.74 Å². The van der Waals surface area contributed by atoms with E-state index in [4.69, 9.17) is 4.74 Å². The van der Waals surface area contributed by atoms with Crippen LogP contribution in [0, 0.1) is 19.8 Å². The Balaban J connectivity index is 2.36. The first-order chi connectivity index (χ1) is 9.17. The van der Waals surface area contributed by atoms with Crippen molar-refractivity contribution in [1.82, 2.24) is 10.6 Å². The number of benzene rings is 1. The number of hydrogen-bond acceptors (Lipinski definition) is 3. The Kier molecular flexibility index (Phi) is 4.83. The monoisotopic (exact) mass is 262 g/mol. The number of nitrogens with one attached hydrogen (secondary N) is 2. The fourth-order valence-electron chi connectivity index (χ4n) is 3.31. The molecule has 19 heavy (non-hydrogen) atoms. The minimum Gasteiger partial charge on any atom is -0.496 e. The summed E-state index contributed by atoms with van der Waals surface area (Å²) in [4.78, 5) is 0. The predicted molar refractivity (Wildman–Crippen MR) is 79.9 cm³/mol. The average molecular weight is 262 g/mol. The zero-order valence-electron chi connectivity index (χ0n) is 12.5. The van der Waals surface area contributed by atoms with Crippen LogP contribution in [0.2, 0.25) is 0 Å². The molecule has 1 aliphatic heterocycles. The third-order valence-electron chi connectivity index (χ3n) is 4.10. The lowest BCUT2D eigenvalue weighted by Crippen LogP contribution is -2.37. The van der Waals surface area contributed by atoms with Gasteiger partial charge in [-0.2, -0.15) is 0 Å². The fourth-order valence-corrected chi connectivity index (χ4v) is 3.31. The SMILES string of the molecule is CNC(c1cc(C)cc(C)c1OC)C1CCCNC1. The van der Waals surface area contributed by atoms with Crippen molar-refractivity contribution in [3.05, 3.63) is 28.8 Å². The number of methoxy groups -OCH3 is 1. The standard InChI is InChI=1S/C16H26N2O/c1-11-8-12(2)16(19-4)14(9-11)15(17-3)13-6-5-7-18-10-13/h8-9,13,15,17-18H,5-7,10H2,1-4H3. The number of piperidine rings is 1. The molecule has 106 valence electrons. The Morgan fingerprint density at radius 3 is 2.74 bits per heavy atom. The van der Waals surface area contributed by atoms with Gasteiger partial charge in [-0.25, -0.2) is 0 Å². The van der Waals surface area contributed by atoms with Gasteiger partial charge in [0.25, 0.3) is 0 Å². The molecule has 0 aromatic heterocycles. The predicted octanol–water partition coefficient (Wildman–Crippen LogP) is 2.57. The van der Waals surface area contributed by atoms with Gasteiger partial charge in [0.05, 0.1) is 7.11 Å². The summed E-state index contributed by atoms with van der Waals surface area (Å²) in [5.41, 5.74) is 3.83. The van der Waals surface area contributed by atoms with E-state index in [1.165, 1.54) is 29.5 Å². The lowest BCUT2D eigenvalue weighted by Gasteiger charge is -2.32. The van der Waals surface area contributed by atoms with Crippen LogP contribution in [0.25, 0.3) is 0 Å². The number of aryl methyl sites for hydroxylation is 2. The molecule has 0 saturated carbocycles. The lowest BCUT2D eigenvalue weighted by molar-refractivity contribution is 0.290. The maximum Gasteiger partial charge on any atom is 0.126 e. The molecule has 0 radical (unpaired) electrons. The van der Waals surface area contributed by atoms with Crippen LogP contribution in [0.15, 0.2) is 12.1 Å². The first-order valence-corrected chi connectivity index (χ1v) is 7.20. The summed E-state index contributed by atoms with van der Waals surface area (Å²) in [5.74, 6) is 1.67. The highest BCUT2D eigenvalue weighted by molar-refractivity contribution is 5.45. The normalized spacial score (nSPS) is 21.2. The van der Waals surface area contributed by atoms with Gasteiger partial charge in [-0.15, -0.1) is 0 Å². The van der Waals surface area contributed by atoms with Crippen LogP contribution in [0.3, 0.4) is 0 Å². The lowest BCUT2D eigenvalue weighted by atomic mass is 9.85. The van der Waals surface area contributed by atoms with Gasteiger partial charge in [-0.3, -0.25) is 0 Å². The largest absolute Gasteiger partial charge is 0.496 e.